The Labute approximate surface area is 114 Å². The number of Topliss-reactive ketones (excluding diaryl/α,β-unsaturated/α-hetero) is 1. The van der Waals surface area contributed by atoms with Gasteiger partial charge in [0.25, 0.3) is 0 Å². The van der Waals surface area contributed by atoms with E-state index in [1.54, 1.807) is 42.6 Å². The number of azo groups is 1. The number of carbonyl (C=O) groups is 1. The summed E-state index contributed by atoms with van der Waals surface area (Å²) in [7, 11) is 0. The van der Waals surface area contributed by atoms with Crippen LogP contribution in [0.5, 0.6) is 0 Å². The van der Waals surface area contributed by atoms with Gasteiger partial charge in [0.05, 0.1) is 11.3 Å². The topological polar surface area (TPSA) is 102 Å². The van der Waals surface area contributed by atoms with E-state index >= 15 is 0 Å². The smallest absolute Gasteiger partial charge is 0.232 e. The molecule has 1 aromatic carbocycles. The molecule has 0 saturated carbocycles. The van der Waals surface area contributed by atoms with Crippen molar-refractivity contribution >= 4 is 11.5 Å². The summed E-state index contributed by atoms with van der Waals surface area (Å²) in [5.41, 5.74) is 0.729. The third-order valence-corrected chi connectivity index (χ3v) is 2.49. The molecule has 0 amide bonds. The van der Waals surface area contributed by atoms with Crippen LogP contribution in [0.4, 0.5) is 5.69 Å². The number of H-pyrrole nitrogens is 1. The summed E-state index contributed by atoms with van der Waals surface area (Å²) in [6.45, 7) is 0. The van der Waals surface area contributed by atoms with Gasteiger partial charge in [-0.25, -0.2) is 0 Å². The van der Waals surface area contributed by atoms with Gasteiger partial charge in [-0.1, -0.05) is 12.1 Å². The predicted octanol–water partition coefficient (Wildman–Crippen LogP) is 3.25. The third kappa shape index (κ3) is 2.79. The number of aliphatic hydroxyl groups is 1. The quantitative estimate of drug-likeness (QED) is 0.384. The van der Waals surface area contributed by atoms with Crippen LogP contribution in [0.3, 0.4) is 0 Å². The zero-order chi connectivity index (χ0) is 14.4. The minimum absolute atomic E-state index is 0.222. The van der Waals surface area contributed by atoms with Crippen LogP contribution < -0.4 is 0 Å². The van der Waals surface area contributed by atoms with Crippen LogP contribution in [0.15, 0.2) is 64.8 Å². The van der Waals surface area contributed by atoms with E-state index in [1.807, 2.05) is 6.07 Å². The molecule has 0 saturated heterocycles. The van der Waals surface area contributed by atoms with Crippen molar-refractivity contribution in [1.82, 2.24) is 4.98 Å². The van der Waals surface area contributed by atoms with Crippen LogP contribution in [0.2, 0.25) is 0 Å². The Morgan fingerprint density at radius 2 is 2.10 bits per heavy atom. The third-order valence-electron chi connectivity index (χ3n) is 2.49. The van der Waals surface area contributed by atoms with E-state index in [-0.39, 0.29) is 11.4 Å². The van der Waals surface area contributed by atoms with Gasteiger partial charge in [-0.2, -0.15) is 5.26 Å². The summed E-state index contributed by atoms with van der Waals surface area (Å²) in [6, 6.07) is 11.8. The number of aromatic amines is 1. The highest BCUT2D eigenvalue weighted by molar-refractivity contribution is 6.06. The standard InChI is InChI=1S/C14H10N4O2/c15-8-10-4-1-2-5-11(10)17-18-13(9-19)14(20)12-6-3-7-16-12/h1-7,9,16,19H/b13-9+,18-17?. The van der Waals surface area contributed by atoms with Crippen molar-refractivity contribution in [2.45, 2.75) is 0 Å². The molecule has 6 heteroatoms. The van der Waals surface area contributed by atoms with Gasteiger partial charge >= 0.3 is 0 Å². The molecule has 0 fully saturated rings. The largest absolute Gasteiger partial charge is 0.513 e. The molecule has 1 aromatic heterocycles. The van der Waals surface area contributed by atoms with Gasteiger partial charge < -0.3 is 10.1 Å². The van der Waals surface area contributed by atoms with Crippen molar-refractivity contribution in [3.8, 4) is 6.07 Å². The lowest BCUT2D eigenvalue weighted by Gasteiger charge is -1.97. The number of carbonyl (C=O) groups excluding carboxylic acids is 1. The van der Waals surface area contributed by atoms with E-state index in [1.165, 1.54) is 0 Å². The van der Waals surface area contributed by atoms with Gasteiger partial charge in [-0.15, -0.1) is 10.2 Å². The molecule has 0 radical (unpaired) electrons. The zero-order valence-electron chi connectivity index (χ0n) is 10.3. The van der Waals surface area contributed by atoms with Crippen molar-refractivity contribution in [3.05, 3.63) is 65.8 Å². The molecule has 0 aliphatic heterocycles. The number of benzene rings is 1. The molecule has 2 aromatic rings. The van der Waals surface area contributed by atoms with E-state index < -0.39 is 5.78 Å². The van der Waals surface area contributed by atoms with Crippen LogP contribution in [0.1, 0.15) is 16.1 Å². The summed E-state index contributed by atoms with van der Waals surface area (Å²) in [6.07, 6.45) is 2.17. The maximum absolute atomic E-state index is 11.9. The number of nitrogens with zero attached hydrogens (tertiary/aromatic N) is 3. The second-order valence-electron chi connectivity index (χ2n) is 3.76. The maximum atomic E-state index is 11.9. The van der Waals surface area contributed by atoms with E-state index in [4.69, 9.17) is 10.4 Å². The molecule has 20 heavy (non-hydrogen) atoms. The van der Waals surface area contributed by atoms with E-state index in [9.17, 15) is 4.79 Å². The molecular formula is C14H10N4O2. The average Bonchev–Trinajstić information content (AvgIpc) is 3.02. The molecule has 0 aliphatic carbocycles. The summed E-state index contributed by atoms with van der Waals surface area (Å²) < 4.78 is 0. The first-order chi connectivity index (χ1) is 9.76. The number of hydrogen-bond donors (Lipinski definition) is 2. The lowest BCUT2D eigenvalue weighted by atomic mass is 10.2. The Balaban J connectivity index is 2.25. The second kappa shape index (κ2) is 6.11. The lowest BCUT2D eigenvalue weighted by molar-refractivity contribution is 0.102. The summed E-state index contributed by atoms with van der Waals surface area (Å²) >= 11 is 0. The fourth-order valence-corrected chi connectivity index (χ4v) is 1.50. The molecule has 6 nitrogen and oxygen atoms in total. The number of aromatic nitrogens is 1. The Morgan fingerprint density at radius 3 is 2.75 bits per heavy atom. The first-order valence-corrected chi connectivity index (χ1v) is 5.69. The van der Waals surface area contributed by atoms with Crippen LogP contribution >= 0.6 is 0 Å². The highest BCUT2D eigenvalue weighted by atomic mass is 16.2. The normalized spacial score (nSPS) is 11.4. The Morgan fingerprint density at radius 1 is 1.30 bits per heavy atom. The van der Waals surface area contributed by atoms with Crippen molar-refractivity contribution in [2.75, 3.05) is 0 Å². The zero-order valence-corrected chi connectivity index (χ0v) is 10.3. The minimum atomic E-state index is -0.490. The van der Waals surface area contributed by atoms with Gasteiger partial charge in [0.15, 0.2) is 5.70 Å². The summed E-state index contributed by atoms with van der Waals surface area (Å²) in [4.78, 5) is 14.7. The Bertz CT molecular complexity index is 709. The fraction of sp³-hybridized carbons (Fsp3) is 0. The van der Waals surface area contributed by atoms with Crippen LogP contribution in [0.25, 0.3) is 0 Å². The first-order valence-electron chi connectivity index (χ1n) is 5.69. The summed E-state index contributed by atoms with van der Waals surface area (Å²) in [5.74, 6) is -0.490. The van der Waals surface area contributed by atoms with Crippen molar-refractivity contribution in [1.29, 1.82) is 5.26 Å². The maximum Gasteiger partial charge on any atom is 0.232 e. The van der Waals surface area contributed by atoms with E-state index in [2.05, 4.69) is 15.2 Å². The number of nitriles is 1. The second-order valence-corrected chi connectivity index (χ2v) is 3.76. The van der Waals surface area contributed by atoms with Crippen molar-refractivity contribution in [3.63, 3.8) is 0 Å². The number of hydrogen-bond acceptors (Lipinski definition) is 5. The minimum Gasteiger partial charge on any atom is -0.513 e. The Hall–Kier alpha value is -3.20. The fourth-order valence-electron chi connectivity index (χ4n) is 1.50. The number of aliphatic hydroxyl groups excluding tert-OH is 1. The van der Waals surface area contributed by atoms with Gasteiger partial charge in [0, 0.05) is 6.20 Å². The predicted molar refractivity (Wildman–Crippen MR) is 71.5 cm³/mol. The molecule has 0 unspecified atom stereocenters. The van der Waals surface area contributed by atoms with Gasteiger partial charge in [-0.05, 0) is 24.3 Å². The van der Waals surface area contributed by atoms with Crippen molar-refractivity contribution < 1.29 is 9.90 Å². The lowest BCUT2D eigenvalue weighted by Crippen LogP contribution is -2.01. The average molecular weight is 266 g/mol. The Kier molecular flexibility index (Phi) is 4.04. The SMILES string of the molecule is N#Cc1ccccc1N=N/C(=C/O)C(=O)c1ccc[nH]1. The molecule has 0 atom stereocenters. The highest BCUT2D eigenvalue weighted by Gasteiger charge is 2.13. The first kappa shape index (κ1) is 13.2. The van der Waals surface area contributed by atoms with Gasteiger partial charge in [-0.3, -0.25) is 4.79 Å². The number of rotatable bonds is 4. The molecule has 0 spiro atoms. The van der Waals surface area contributed by atoms with Crippen LogP contribution in [0, 0.1) is 11.3 Å². The molecular weight excluding hydrogens is 256 g/mol. The number of nitrogens with one attached hydrogen (secondary N) is 1. The molecule has 0 aliphatic rings. The molecule has 98 valence electrons. The molecule has 0 bridgehead atoms. The monoisotopic (exact) mass is 266 g/mol. The van der Waals surface area contributed by atoms with E-state index in [0.717, 1.165) is 0 Å². The van der Waals surface area contributed by atoms with E-state index in [0.29, 0.717) is 17.5 Å². The van der Waals surface area contributed by atoms with Crippen LogP contribution in [-0.2, 0) is 0 Å². The number of allylic oxidation sites excluding steroid dienone is 1. The number of ketones is 1. The van der Waals surface area contributed by atoms with Gasteiger partial charge in [0.2, 0.25) is 5.78 Å². The molecule has 1 heterocycles. The summed E-state index contributed by atoms with van der Waals surface area (Å²) in [5, 5.41) is 25.5. The molecule has 2 rings (SSSR count). The highest BCUT2D eigenvalue weighted by Crippen LogP contribution is 2.19. The van der Waals surface area contributed by atoms with Crippen LogP contribution in [-0.4, -0.2) is 15.9 Å². The van der Waals surface area contributed by atoms with Crippen molar-refractivity contribution in [2.24, 2.45) is 10.2 Å². The van der Waals surface area contributed by atoms with Gasteiger partial charge in [0.1, 0.15) is 18.0 Å². The molecule has 2 N–H and O–H groups in total.